The van der Waals surface area contributed by atoms with Gasteiger partial charge in [-0.3, -0.25) is 29.4 Å². The molecule has 5 N–H and O–H groups in total. The van der Waals surface area contributed by atoms with Crippen LogP contribution in [0.5, 0.6) is 0 Å². The van der Waals surface area contributed by atoms with Gasteiger partial charge in [-0.1, -0.05) is 6.07 Å². The lowest BCUT2D eigenvalue weighted by molar-refractivity contribution is -0.134. The van der Waals surface area contributed by atoms with E-state index in [1.165, 1.54) is 17.5 Å². The topological polar surface area (TPSA) is 179 Å². The van der Waals surface area contributed by atoms with Gasteiger partial charge in [0, 0.05) is 57.9 Å². The molecule has 50 heavy (non-hydrogen) atoms. The Morgan fingerprint density at radius 2 is 1.70 bits per heavy atom. The molecule has 3 aromatic rings. The quantitative estimate of drug-likeness (QED) is 0.244. The summed E-state index contributed by atoms with van der Waals surface area (Å²) >= 11 is 0. The Balaban J connectivity index is 0.899. The Labute approximate surface area is 291 Å². The monoisotopic (exact) mass is 680 g/mol. The van der Waals surface area contributed by atoms with E-state index in [0.717, 1.165) is 95.1 Å². The lowest BCUT2D eigenvalue weighted by Gasteiger charge is -2.37. The van der Waals surface area contributed by atoms with Gasteiger partial charge in [0.05, 0.1) is 18.1 Å². The van der Waals surface area contributed by atoms with Gasteiger partial charge in [-0.25, -0.2) is 15.0 Å². The molecule has 0 saturated carbocycles. The van der Waals surface area contributed by atoms with Gasteiger partial charge in [-0.2, -0.15) is 0 Å². The average Bonchev–Trinajstić information content (AvgIpc) is 3.13. The number of carbonyl (C=O) groups is 4. The fourth-order valence-electron chi connectivity index (χ4n) is 7.41. The summed E-state index contributed by atoms with van der Waals surface area (Å²) in [5.41, 5.74) is 10.5. The Bertz CT molecular complexity index is 1750. The van der Waals surface area contributed by atoms with E-state index in [9.17, 15) is 19.2 Å². The molecule has 0 aliphatic carbocycles. The molecule has 6 heterocycles. The van der Waals surface area contributed by atoms with Gasteiger partial charge in [0.1, 0.15) is 17.6 Å². The first-order valence-corrected chi connectivity index (χ1v) is 17.7. The fraction of sp³-hybridized carbons (Fsp3) is 0.472. The Hall–Kier alpha value is -5.11. The molecular weight excluding hydrogens is 636 g/mol. The van der Waals surface area contributed by atoms with Crippen LogP contribution in [0.1, 0.15) is 77.0 Å². The summed E-state index contributed by atoms with van der Waals surface area (Å²) in [6.45, 7) is 6.64. The highest BCUT2D eigenvalue weighted by atomic mass is 16.2. The van der Waals surface area contributed by atoms with Crippen LogP contribution in [-0.4, -0.2) is 88.8 Å². The van der Waals surface area contributed by atoms with Crippen molar-refractivity contribution in [2.45, 2.75) is 64.0 Å². The number of nitrogens with two attached hydrogens (primary N) is 1. The standard InChI is InChI=1S/C36H44N10O4/c37-33(48)32-34(42-30(20-39-32)46-13-2-1-3-14-46)40-26-5-4-25-22-44(15-12-24(25)18-26)21-23-10-16-45(17-11-23)27-6-7-28(38-19-27)35(49)41-29-8-9-31(47)43-36(29)50/h4-7,18-20,23,29H,1-3,8-17,21-22H2,(H2,37,48)(H,40,42)(H,41,49)(H,43,47,50). The molecule has 1 aromatic carbocycles. The normalized spacial score (nSPS) is 20.2. The van der Waals surface area contributed by atoms with E-state index in [1.807, 2.05) is 12.1 Å². The molecular formula is C36H44N10O4. The molecule has 262 valence electrons. The third kappa shape index (κ3) is 7.70. The number of nitrogens with zero attached hydrogens (tertiary/aromatic N) is 6. The van der Waals surface area contributed by atoms with Crippen molar-refractivity contribution in [3.05, 3.63) is 65.2 Å². The number of hydrogen-bond donors (Lipinski definition) is 4. The Kier molecular flexibility index (Phi) is 9.88. The molecule has 14 nitrogen and oxygen atoms in total. The van der Waals surface area contributed by atoms with E-state index < -0.39 is 23.8 Å². The van der Waals surface area contributed by atoms with Crippen LogP contribution in [0.25, 0.3) is 0 Å². The number of imide groups is 1. The first-order valence-electron chi connectivity index (χ1n) is 17.7. The maximum Gasteiger partial charge on any atom is 0.271 e. The predicted octanol–water partition coefficient (Wildman–Crippen LogP) is 2.51. The van der Waals surface area contributed by atoms with E-state index >= 15 is 0 Å². The van der Waals surface area contributed by atoms with E-state index in [2.05, 4.69) is 52.8 Å². The summed E-state index contributed by atoms with van der Waals surface area (Å²) in [5.74, 6) is -0.0763. The van der Waals surface area contributed by atoms with E-state index in [-0.39, 0.29) is 30.1 Å². The number of nitrogens with one attached hydrogen (secondary N) is 3. The Morgan fingerprint density at radius 1 is 0.880 bits per heavy atom. The fourth-order valence-corrected chi connectivity index (χ4v) is 7.41. The minimum atomic E-state index is -0.727. The first-order chi connectivity index (χ1) is 24.3. The zero-order chi connectivity index (χ0) is 34.6. The van der Waals surface area contributed by atoms with Crippen molar-refractivity contribution in [2.75, 3.05) is 54.4 Å². The number of amides is 4. The van der Waals surface area contributed by atoms with Crippen molar-refractivity contribution < 1.29 is 19.2 Å². The van der Waals surface area contributed by atoms with Gasteiger partial charge in [-0.15, -0.1) is 0 Å². The van der Waals surface area contributed by atoms with Crippen molar-refractivity contribution in [1.82, 2.24) is 30.5 Å². The number of benzene rings is 1. The number of piperidine rings is 3. The van der Waals surface area contributed by atoms with Gasteiger partial charge < -0.3 is 26.2 Å². The van der Waals surface area contributed by atoms with Crippen LogP contribution in [0.4, 0.5) is 23.0 Å². The number of carbonyl (C=O) groups excluding carboxylic acids is 4. The third-order valence-electron chi connectivity index (χ3n) is 10.3. The number of hydrogen-bond acceptors (Lipinski definition) is 11. The largest absolute Gasteiger partial charge is 0.370 e. The zero-order valence-corrected chi connectivity index (χ0v) is 28.2. The summed E-state index contributed by atoms with van der Waals surface area (Å²) in [6.07, 6.45) is 10.4. The SMILES string of the molecule is NC(=O)c1ncc(N2CCCCC2)nc1Nc1ccc2c(c1)CCN(CC1CCN(c3ccc(C(=O)NC4CCC(=O)NC4=O)nc3)CC1)C2. The van der Waals surface area contributed by atoms with Crippen LogP contribution >= 0.6 is 0 Å². The lowest BCUT2D eigenvalue weighted by atomic mass is 9.93. The second-order valence-corrected chi connectivity index (χ2v) is 13.7. The lowest BCUT2D eigenvalue weighted by Crippen LogP contribution is -2.52. The van der Waals surface area contributed by atoms with Gasteiger partial charge in [0.25, 0.3) is 11.8 Å². The van der Waals surface area contributed by atoms with Gasteiger partial charge in [-0.05, 0) is 86.3 Å². The second-order valence-electron chi connectivity index (χ2n) is 13.7. The highest BCUT2D eigenvalue weighted by Gasteiger charge is 2.29. The maximum absolute atomic E-state index is 12.6. The van der Waals surface area contributed by atoms with Gasteiger partial charge in [0.15, 0.2) is 11.5 Å². The van der Waals surface area contributed by atoms with Crippen LogP contribution in [0, 0.1) is 5.92 Å². The predicted molar refractivity (Wildman–Crippen MR) is 188 cm³/mol. The van der Waals surface area contributed by atoms with Crippen LogP contribution in [0.3, 0.4) is 0 Å². The van der Waals surface area contributed by atoms with Crippen LogP contribution in [0.2, 0.25) is 0 Å². The molecule has 14 heteroatoms. The number of aromatic nitrogens is 3. The molecule has 1 atom stereocenters. The van der Waals surface area contributed by atoms with E-state index in [1.54, 1.807) is 18.5 Å². The van der Waals surface area contributed by atoms with Gasteiger partial charge in [0.2, 0.25) is 11.8 Å². The number of fused-ring (bicyclic) bond motifs is 1. The van der Waals surface area contributed by atoms with Crippen molar-refractivity contribution in [3.8, 4) is 0 Å². The summed E-state index contributed by atoms with van der Waals surface area (Å²) in [6, 6.07) is 9.23. The molecule has 0 spiro atoms. The highest BCUT2D eigenvalue weighted by molar-refractivity contribution is 6.03. The summed E-state index contributed by atoms with van der Waals surface area (Å²) in [4.78, 5) is 68.7. The molecule has 0 bridgehead atoms. The van der Waals surface area contributed by atoms with Crippen LogP contribution < -0.4 is 31.5 Å². The van der Waals surface area contributed by atoms with Gasteiger partial charge >= 0.3 is 0 Å². The minimum Gasteiger partial charge on any atom is -0.370 e. The zero-order valence-electron chi connectivity index (χ0n) is 28.2. The average molecular weight is 681 g/mol. The summed E-state index contributed by atoms with van der Waals surface area (Å²) in [7, 11) is 0. The van der Waals surface area contributed by atoms with Crippen LogP contribution in [-0.2, 0) is 22.6 Å². The van der Waals surface area contributed by atoms with Crippen molar-refractivity contribution in [1.29, 1.82) is 0 Å². The second kappa shape index (κ2) is 14.8. The molecule has 1 unspecified atom stereocenters. The number of rotatable bonds is 9. The first kappa shape index (κ1) is 33.4. The Morgan fingerprint density at radius 3 is 2.44 bits per heavy atom. The van der Waals surface area contributed by atoms with E-state index in [4.69, 9.17) is 10.7 Å². The number of anilines is 4. The molecule has 2 aromatic heterocycles. The minimum absolute atomic E-state index is 0.142. The van der Waals surface area contributed by atoms with E-state index in [0.29, 0.717) is 11.7 Å². The summed E-state index contributed by atoms with van der Waals surface area (Å²) < 4.78 is 0. The molecule has 3 fully saturated rings. The molecule has 4 aliphatic heterocycles. The molecule has 4 aliphatic rings. The molecule has 7 rings (SSSR count). The maximum atomic E-state index is 12.6. The molecule has 0 radical (unpaired) electrons. The number of primary amides is 1. The van der Waals surface area contributed by atoms with Crippen molar-refractivity contribution >= 4 is 46.6 Å². The van der Waals surface area contributed by atoms with Crippen molar-refractivity contribution in [2.24, 2.45) is 11.7 Å². The van der Waals surface area contributed by atoms with Crippen LogP contribution in [0.15, 0.2) is 42.7 Å². The van der Waals surface area contributed by atoms with Crippen molar-refractivity contribution in [3.63, 3.8) is 0 Å². The molecule has 4 amide bonds. The smallest absolute Gasteiger partial charge is 0.271 e. The highest BCUT2D eigenvalue weighted by Crippen LogP contribution is 2.29. The molecule has 3 saturated heterocycles. The number of pyridine rings is 1. The summed E-state index contributed by atoms with van der Waals surface area (Å²) in [5, 5.41) is 8.27. The third-order valence-corrected chi connectivity index (χ3v) is 10.3.